The van der Waals surface area contributed by atoms with Gasteiger partial charge < -0.3 is 9.30 Å². The highest BCUT2D eigenvalue weighted by Gasteiger charge is 2.15. The van der Waals surface area contributed by atoms with Gasteiger partial charge in [0.1, 0.15) is 0 Å². The van der Waals surface area contributed by atoms with E-state index in [1.165, 1.54) is 12.5 Å². The number of aryl methyl sites for hydroxylation is 1. The standard InChI is InChI=1S/C15H13NO2/c1-16-9-13(15(17)18-2)12-8-7-10-5-3-4-6-11(10)14(12)16/h3-9H,1-2H3. The fraction of sp³-hybridized carbons (Fsp3) is 0.133. The Morgan fingerprint density at radius 2 is 1.89 bits per heavy atom. The molecule has 18 heavy (non-hydrogen) atoms. The molecule has 0 radical (unpaired) electrons. The molecule has 0 aliphatic rings. The topological polar surface area (TPSA) is 31.2 Å². The maximum absolute atomic E-state index is 11.7. The Labute approximate surface area is 105 Å². The van der Waals surface area contributed by atoms with Gasteiger partial charge in [-0.3, -0.25) is 0 Å². The zero-order valence-electron chi connectivity index (χ0n) is 10.3. The lowest BCUT2D eigenvalue weighted by Crippen LogP contribution is -1.99. The number of fused-ring (bicyclic) bond motifs is 3. The summed E-state index contributed by atoms with van der Waals surface area (Å²) in [5.41, 5.74) is 1.68. The number of carbonyl (C=O) groups is 1. The van der Waals surface area contributed by atoms with E-state index in [4.69, 9.17) is 4.74 Å². The summed E-state index contributed by atoms with van der Waals surface area (Å²) in [7, 11) is 3.35. The van der Waals surface area contributed by atoms with Gasteiger partial charge in [0.2, 0.25) is 0 Å². The van der Waals surface area contributed by atoms with Crippen LogP contribution >= 0.6 is 0 Å². The van der Waals surface area contributed by atoms with E-state index in [1.807, 2.05) is 42.1 Å². The lowest BCUT2D eigenvalue weighted by molar-refractivity contribution is 0.0603. The van der Waals surface area contributed by atoms with E-state index in [0.717, 1.165) is 16.3 Å². The third kappa shape index (κ3) is 1.40. The van der Waals surface area contributed by atoms with Crippen LogP contribution in [-0.4, -0.2) is 17.6 Å². The van der Waals surface area contributed by atoms with E-state index in [-0.39, 0.29) is 5.97 Å². The maximum atomic E-state index is 11.7. The quantitative estimate of drug-likeness (QED) is 0.611. The molecule has 0 N–H and O–H groups in total. The van der Waals surface area contributed by atoms with E-state index >= 15 is 0 Å². The molecule has 0 amide bonds. The minimum atomic E-state index is -0.295. The molecule has 0 saturated heterocycles. The van der Waals surface area contributed by atoms with Gasteiger partial charge in [0, 0.05) is 24.0 Å². The number of hydrogen-bond donors (Lipinski definition) is 0. The molecule has 90 valence electrons. The smallest absolute Gasteiger partial charge is 0.340 e. The summed E-state index contributed by atoms with van der Waals surface area (Å²) < 4.78 is 6.79. The molecule has 0 aliphatic heterocycles. The average molecular weight is 239 g/mol. The molecular weight excluding hydrogens is 226 g/mol. The van der Waals surface area contributed by atoms with Crippen LogP contribution in [0.2, 0.25) is 0 Å². The lowest BCUT2D eigenvalue weighted by atomic mass is 10.1. The van der Waals surface area contributed by atoms with Crippen molar-refractivity contribution in [3.63, 3.8) is 0 Å². The highest BCUT2D eigenvalue weighted by atomic mass is 16.5. The van der Waals surface area contributed by atoms with Crippen molar-refractivity contribution in [1.29, 1.82) is 0 Å². The van der Waals surface area contributed by atoms with Crippen molar-refractivity contribution in [3.8, 4) is 0 Å². The summed E-state index contributed by atoms with van der Waals surface area (Å²) in [4.78, 5) is 11.7. The molecular formula is C15H13NO2. The molecule has 0 saturated carbocycles. The van der Waals surface area contributed by atoms with Crippen LogP contribution in [-0.2, 0) is 11.8 Å². The first-order valence-electron chi connectivity index (χ1n) is 5.77. The molecule has 3 nitrogen and oxygen atoms in total. The second kappa shape index (κ2) is 3.88. The molecule has 0 unspecified atom stereocenters. The summed E-state index contributed by atoms with van der Waals surface area (Å²) in [5, 5.41) is 3.25. The summed E-state index contributed by atoms with van der Waals surface area (Å²) in [6.07, 6.45) is 1.82. The third-order valence-corrected chi connectivity index (χ3v) is 3.27. The minimum absolute atomic E-state index is 0.295. The van der Waals surface area contributed by atoms with Gasteiger partial charge in [0.25, 0.3) is 0 Å². The fourth-order valence-corrected chi connectivity index (χ4v) is 2.45. The first-order valence-corrected chi connectivity index (χ1v) is 5.77. The number of rotatable bonds is 1. The Bertz CT molecular complexity index is 756. The number of ether oxygens (including phenoxy) is 1. The van der Waals surface area contributed by atoms with Gasteiger partial charge in [-0.1, -0.05) is 36.4 Å². The van der Waals surface area contributed by atoms with Crippen LogP contribution in [0.1, 0.15) is 10.4 Å². The van der Waals surface area contributed by atoms with Crippen LogP contribution in [0.4, 0.5) is 0 Å². The molecule has 2 aromatic carbocycles. The van der Waals surface area contributed by atoms with Gasteiger partial charge in [-0.15, -0.1) is 0 Å². The molecule has 0 bridgehead atoms. The van der Waals surface area contributed by atoms with E-state index in [0.29, 0.717) is 5.56 Å². The maximum Gasteiger partial charge on any atom is 0.340 e. The van der Waals surface area contributed by atoms with Crippen LogP contribution in [0.15, 0.2) is 42.6 Å². The Morgan fingerprint density at radius 3 is 2.67 bits per heavy atom. The normalized spacial score (nSPS) is 11.0. The second-order valence-electron chi connectivity index (χ2n) is 4.33. The van der Waals surface area contributed by atoms with Crippen molar-refractivity contribution in [3.05, 3.63) is 48.2 Å². The van der Waals surface area contributed by atoms with Crippen molar-refractivity contribution in [2.45, 2.75) is 0 Å². The first-order chi connectivity index (χ1) is 8.72. The van der Waals surface area contributed by atoms with Crippen molar-refractivity contribution in [2.75, 3.05) is 7.11 Å². The molecule has 1 aromatic heterocycles. The van der Waals surface area contributed by atoms with Gasteiger partial charge in [0.05, 0.1) is 18.2 Å². The minimum Gasteiger partial charge on any atom is -0.465 e. The van der Waals surface area contributed by atoms with Crippen LogP contribution in [0, 0.1) is 0 Å². The molecule has 3 aromatic rings. The second-order valence-corrected chi connectivity index (χ2v) is 4.33. The monoisotopic (exact) mass is 239 g/mol. The molecule has 1 heterocycles. The summed E-state index contributed by atoms with van der Waals surface area (Å²) in [6.45, 7) is 0. The van der Waals surface area contributed by atoms with Crippen LogP contribution < -0.4 is 0 Å². The summed E-state index contributed by atoms with van der Waals surface area (Å²) >= 11 is 0. The fourth-order valence-electron chi connectivity index (χ4n) is 2.45. The van der Waals surface area contributed by atoms with E-state index in [1.54, 1.807) is 0 Å². The average Bonchev–Trinajstić information content (AvgIpc) is 2.76. The van der Waals surface area contributed by atoms with E-state index in [9.17, 15) is 4.79 Å². The number of esters is 1. The Morgan fingerprint density at radius 1 is 1.11 bits per heavy atom. The van der Waals surface area contributed by atoms with Gasteiger partial charge >= 0.3 is 5.97 Å². The summed E-state index contributed by atoms with van der Waals surface area (Å²) in [5.74, 6) is -0.295. The first kappa shape index (κ1) is 10.8. The van der Waals surface area contributed by atoms with Crippen molar-refractivity contribution in [2.24, 2.45) is 7.05 Å². The number of aromatic nitrogens is 1. The number of benzene rings is 2. The van der Waals surface area contributed by atoms with Crippen molar-refractivity contribution < 1.29 is 9.53 Å². The molecule has 0 atom stereocenters. The zero-order valence-corrected chi connectivity index (χ0v) is 10.3. The predicted octanol–water partition coefficient (Wildman–Crippen LogP) is 3.12. The van der Waals surface area contributed by atoms with Crippen molar-refractivity contribution >= 4 is 27.6 Å². The van der Waals surface area contributed by atoms with Gasteiger partial charge in [-0.2, -0.15) is 0 Å². The lowest BCUT2D eigenvalue weighted by Gasteiger charge is -2.02. The molecule has 0 fully saturated rings. The molecule has 0 spiro atoms. The highest BCUT2D eigenvalue weighted by molar-refractivity contribution is 6.13. The van der Waals surface area contributed by atoms with Gasteiger partial charge in [-0.25, -0.2) is 4.79 Å². The Hall–Kier alpha value is -2.29. The molecule has 0 aliphatic carbocycles. The highest BCUT2D eigenvalue weighted by Crippen LogP contribution is 2.28. The zero-order chi connectivity index (χ0) is 12.7. The SMILES string of the molecule is COC(=O)c1cn(C)c2c1ccc1ccccc12. The molecule has 3 heteroatoms. The Balaban J connectivity index is 2.46. The van der Waals surface area contributed by atoms with Crippen molar-refractivity contribution in [1.82, 2.24) is 4.57 Å². The number of nitrogens with zero attached hydrogens (tertiary/aromatic N) is 1. The number of methoxy groups -OCH3 is 1. The van der Waals surface area contributed by atoms with E-state index in [2.05, 4.69) is 12.1 Å². The van der Waals surface area contributed by atoms with Crippen LogP contribution in [0.3, 0.4) is 0 Å². The summed E-state index contributed by atoms with van der Waals surface area (Å²) in [6, 6.07) is 12.2. The number of hydrogen-bond acceptors (Lipinski definition) is 2. The van der Waals surface area contributed by atoms with E-state index < -0.39 is 0 Å². The van der Waals surface area contributed by atoms with Gasteiger partial charge in [-0.05, 0) is 5.39 Å². The Kier molecular flexibility index (Phi) is 2.33. The third-order valence-electron chi connectivity index (χ3n) is 3.27. The largest absolute Gasteiger partial charge is 0.465 e. The van der Waals surface area contributed by atoms with Crippen LogP contribution in [0.25, 0.3) is 21.7 Å². The predicted molar refractivity (Wildman–Crippen MR) is 71.8 cm³/mol. The number of carbonyl (C=O) groups excluding carboxylic acids is 1. The molecule has 3 rings (SSSR count). The van der Waals surface area contributed by atoms with Crippen LogP contribution in [0.5, 0.6) is 0 Å². The van der Waals surface area contributed by atoms with Gasteiger partial charge in [0.15, 0.2) is 0 Å².